The number of carbonyl (C=O) groups excluding carboxylic acids is 2. The number of carbonyl (C=O) groups is 2. The van der Waals surface area contributed by atoms with Crippen LogP contribution in [0.2, 0.25) is 0 Å². The Balaban J connectivity index is 2.43. The smallest absolute Gasteiger partial charge is 0.255 e. The van der Waals surface area contributed by atoms with Crippen molar-refractivity contribution < 1.29 is 19.1 Å². The highest BCUT2D eigenvalue weighted by Gasteiger charge is 2.23. The molecule has 0 unspecified atom stereocenters. The Labute approximate surface area is 124 Å². The quantitative estimate of drug-likeness (QED) is 0.707. The van der Waals surface area contributed by atoms with E-state index in [0.29, 0.717) is 29.9 Å². The maximum absolute atomic E-state index is 11.9. The van der Waals surface area contributed by atoms with Gasteiger partial charge in [0.25, 0.3) is 5.91 Å². The summed E-state index contributed by atoms with van der Waals surface area (Å²) in [4.78, 5) is 23.6. The van der Waals surface area contributed by atoms with E-state index < -0.39 is 5.60 Å². The minimum atomic E-state index is -0.891. The molecule has 1 aromatic heterocycles. The largest absolute Gasteiger partial charge is 0.466 e. The van der Waals surface area contributed by atoms with Gasteiger partial charge in [-0.15, -0.1) is 0 Å². The second kappa shape index (κ2) is 7.26. The standard InChI is InChI=1S/C15H24N2O4/c1-5-15(20,6-2)9-17-13(18)8-16-14(19)12-7-10(3)21-11(12)4/h7,20H,5-6,8-9H2,1-4H3,(H,16,19)(H,17,18). The molecule has 1 heterocycles. The Morgan fingerprint density at radius 3 is 2.33 bits per heavy atom. The third-order valence-electron chi connectivity index (χ3n) is 3.63. The minimum Gasteiger partial charge on any atom is -0.466 e. The number of rotatable bonds is 7. The third kappa shape index (κ3) is 4.90. The normalized spacial score (nSPS) is 11.3. The first kappa shape index (κ1) is 17.2. The van der Waals surface area contributed by atoms with Gasteiger partial charge < -0.3 is 20.2 Å². The van der Waals surface area contributed by atoms with Gasteiger partial charge in [-0.3, -0.25) is 9.59 Å². The van der Waals surface area contributed by atoms with Gasteiger partial charge in [-0.25, -0.2) is 0 Å². The topological polar surface area (TPSA) is 91.6 Å². The maximum Gasteiger partial charge on any atom is 0.255 e. The predicted octanol–water partition coefficient (Wildman–Crippen LogP) is 1.29. The molecule has 1 aromatic rings. The fraction of sp³-hybridized carbons (Fsp3) is 0.600. The predicted molar refractivity (Wildman–Crippen MR) is 79.1 cm³/mol. The second-order valence-corrected chi connectivity index (χ2v) is 5.22. The van der Waals surface area contributed by atoms with Crippen LogP contribution in [-0.2, 0) is 4.79 Å². The van der Waals surface area contributed by atoms with Gasteiger partial charge in [0, 0.05) is 6.54 Å². The van der Waals surface area contributed by atoms with E-state index in [-0.39, 0.29) is 24.9 Å². The molecule has 21 heavy (non-hydrogen) atoms. The number of furan rings is 1. The molecule has 2 amide bonds. The van der Waals surface area contributed by atoms with E-state index in [9.17, 15) is 14.7 Å². The van der Waals surface area contributed by atoms with Crippen molar-refractivity contribution in [3.63, 3.8) is 0 Å². The first-order chi connectivity index (χ1) is 9.81. The van der Waals surface area contributed by atoms with Crippen LogP contribution in [0.1, 0.15) is 48.6 Å². The molecule has 0 saturated carbocycles. The van der Waals surface area contributed by atoms with Gasteiger partial charge in [0.15, 0.2) is 0 Å². The van der Waals surface area contributed by atoms with Crippen LogP contribution in [0.5, 0.6) is 0 Å². The fourth-order valence-corrected chi connectivity index (χ4v) is 1.94. The molecule has 0 atom stereocenters. The van der Waals surface area contributed by atoms with Crippen molar-refractivity contribution in [1.82, 2.24) is 10.6 Å². The summed E-state index contributed by atoms with van der Waals surface area (Å²) >= 11 is 0. The summed E-state index contributed by atoms with van der Waals surface area (Å²) in [6.07, 6.45) is 1.12. The molecule has 0 fully saturated rings. The van der Waals surface area contributed by atoms with Crippen LogP contribution in [0.15, 0.2) is 10.5 Å². The Bertz CT molecular complexity index is 504. The van der Waals surface area contributed by atoms with Crippen LogP contribution in [0, 0.1) is 13.8 Å². The van der Waals surface area contributed by atoms with Crippen molar-refractivity contribution in [2.75, 3.05) is 13.1 Å². The minimum absolute atomic E-state index is 0.133. The summed E-state index contributed by atoms with van der Waals surface area (Å²) in [5.74, 6) is 0.497. The van der Waals surface area contributed by atoms with Gasteiger partial charge in [0.05, 0.1) is 17.7 Å². The molecule has 3 N–H and O–H groups in total. The van der Waals surface area contributed by atoms with Gasteiger partial charge in [0.2, 0.25) is 5.91 Å². The molecule has 118 valence electrons. The zero-order chi connectivity index (χ0) is 16.0. The van der Waals surface area contributed by atoms with Gasteiger partial charge in [-0.2, -0.15) is 0 Å². The van der Waals surface area contributed by atoms with Crippen LogP contribution in [-0.4, -0.2) is 35.6 Å². The highest BCUT2D eigenvalue weighted by molar-refractivity contribution is 5.97. The maximum atomic E-state index is 11.9. The summed E-state index contributed by atoms with van der Waals surface area (Å²) in [5, 5.41) is 15.2. The van der Waals surface area contributed by atoms with Crippen molar-refractivity contribution in [1.29, 1.82) is 0 Å². The van der Waals surface area contributed by atoms with E-state index in [4.69, 9.17) is 4.42 Å². The summed E-state index contributed by atoms with van der Waals surface area (Å²) in [6.45, 7) is 7.23. The van der Waals surface area contributed by atoms with Gasteiger partial charge in [-0.1, -0.05) is 13.8 Å². The zero-order valence-corrected chi connectivity index (χ0v) is 13.1. The molecule has 0 aromatic carbocycles. The highest BCUT2D eigenvalue weighted by atomic mass is 16.3. The van der Waals surface area contributed by atoms with Crippen LogP contribution in [0.4, 0.5) is 0 Å². The molecule has 0 bridgehead atoms. The van der Waals surface area contributed by atoms with Crippen LogP contribution in [0.25, 0.3) is 0 Å². The Kier molecular flexibility index (Phi) is 5.96. The van der Waals surface area contributed by atoms with E-state index in [1.54, 1.807) is 19.9 Å². The van der Waals surface area contributed by atoms with E-state index >= 15 is 0 Å². The summed E-state index contributed by atoms with van der Waals surface area (Å²) in [7, 11) is 0. The van der Waals surface area contributed by atoms with E-state index in [1.165, 1.54) is 0 Å². The lowest BCUT2D eigenvalue weighted by atomic mass is 9.98. The highest BCUT2D eigenvalue weighted by Crippen LogP contribution is 2.13. The lowest BCUT2D eigenvalue weighted by Gasteiger charge is -2.25. The summed E-state index contributed by atoms with van der Waals surface area (Å²) in [6, 6.07) is 1.63. The van der Waals surface area contributed by atoms with Crippen LogP contribution >= 0.6 is 0 Å². The van der Waals surface area contributed by atoms with Gasteiger partial charge in [-0.05, 0) is 32.8 Å². The van der Waals surface area contributed by atoms with Crippen molar-refractivity contribution in [3.05, 3.63) is 23.2 Å². The Hall–Kier alpha value is -1.82. The van der Waals surface area contributed by atoms with Crippen molar-refractivity contribution >= 4 is 11.8 Å². The van der Waals surface area contributed by atoms with Crippen LogP contribution < -0.4 is 10.6 Å². The second-order valence-electron chi connectivity index (χ2n) is 5.22. The molecule has 6 heteroatoms. The first-order valence-corrected chi connectivity index (χ1v) is 7.15. The number of hydrogen-bond acceptors (Lipinski definition) is 4. The molecular formula is C15H24N2O4. The third-order valence-corrected chi connectivity index (χ3v) is 3.63. The number of aliphatic hydroxyl groups is 1. The van der Waals surface area contributed by atoms with Crippen molar-refractivity contribution in [2.45, 2.75) is 46.1 Å². The van der Waals surface area contributed by atoms with Gasteiger partial charge in [0.1, 0.15) is 11.5 Å². The SMILES string of the molecule is CCC(O)(CC)CNC(=O)CNC(=O)c1cc(C)oc1C. The number of aryl methyl sites for hydroxylation is 2. The molecular weight excluding hydrogens is 272 g/mol. The van der Waals surface area contributed by atoms with E-state index in [1.807, 2.05) is 13.8 Å². The summed E-state index contributed by atoms with van der Waals surface area (Å²) < 4.78 is 5.27. The Morgan fingerprint density at radius 1 is 1.24 bits per heavy atom. The average Bonchev–Trinajstić information content (AvgIpc) is 2.81. The summed E-state index contributed by atoms with van der Waals surface area (Å²) in [5.41, 5.74) is -0.461. The lowest BCUT2D eigenvalue weighted by molar-refractivity contribution is -0.121. The number of nitrogens with one attached hydrogen (secondary N) is 2. The van der Waals surface area contributed by atoms with E-state index in [0.717, 1.165) is 0 Å². The fourth-order valence-electron chi connectivity index (χ4n) is 1.94. The first-order valence-electron chi connectivity index (χ1n) is 7.15. The molecule has 6 nitrogen and oxygen atoms in total. The molecule has 0 aliphatic rings. The Morgan fingerprint density at radius 2 is 1.86 bits per heavy atom. The molecule has 0 radical (unpaired) electrons. The molecule has 0 aliphatic heterocycles. The number of hydrogen-bond donors (Lipinski definition) is 3. The van der Waals surface area contributed by atoms with Crippen LogP contribution in [0.3, 0.4) is 0 Å². The van der Waals surface area contributed by atoms with Gasteiger partial charge >= 0.3 is 0 Å². The van der Waals surface area contributed by atoms with Crippen molar-refractivity contribution in [2.24, 2.45) is 0 Å². The molecule has 0 aliphatic carbocycles. The molecule has 0 saturated heterocycles. The number of amides is 2. The zero-order valence-electron chi connectivity index (χ0n) is 13.1. The lowest BCUT2D eigenvalue weighted by Crippen LogP contribution is -2.45. The monoisotopic (exact) mass is 296 g/mol. The van der Waals surface area contributed by atoms with Crippen molar-refractivity contribution in [3.8, 4) is 0 Å². The van der Waals surface area contributed by atoms with E-state index in [2.05, 4.69) is 10.6 Å². The molecule has 0 spiro atoms. The average molecular weight is 296 g/mol. The molecule has 1 rings (SSSR count).